The number of hydrogen-bond donors (Lipinski definition) is 2. The molecule has 2 aromatic heterocycles. The second kappa shape index (κ2) is 4.61. The number of rotatable bonds is 1. The summed E-state index contributed by atoms with van der Waals surface area (Å²) in [6.45, 7) is 3.88. The van der Waals surface area contributed by atoms with Crippen LogP contribution in [0.5, 0.6) is 0 Å². The Labute approximate surface area is 120 Å². The summed E-state index contributed by atoms with van der Waals surface area (Å²) in [5.74, 6) is 0.980. The van der Waals surface area contributed by atoms with Gasteiger partial charge in [0, 0.05) is 42.0 Å². The molecule has 3 heterocycles. The molecule has 1 aromatic carbocycles. The van der Waals surface area contributed by atoms with Crippen LogP contribution in [-0.4, -0.2) is 41.4 Å². The normalized spacial score (nSPS) is 16.1. The fourth-order valence-electron chi connectivity index (χ4n) is 2.76. The number of pyridine rings is 1. The highest BCUT2D eigenvalue weighted by atomic mass is 35.5. The smallest absolute Gasteiger partial charge is 0.155 e. The third kappa shape index (κ3) is 1.82. The van der Waals surface area contributed by atoms with Crippen LogP contribution in [0.3, 0.4) is 0 Å². The minimum Gasteiger partial charge on any atom is -0.352 e. The van der Waals surface area contributed by atoms with Crippen molar-refractivity contribution in [2.24, 2.45) is 0 Å². The Morgan fingerprint density at radius 3 is 2.85 bits per heavy atom. The molecule has 102 valence electrons. The van der Waals surface area contributed by atoms with E-state index in [2.05, 4.69) is 20.4 Å². The highest BCUT2D eigenvalue weighted by Crippen LogP contribution is 2.31. The van der Waals surface area contributed by atoms with E-state index in [9.17, 15) is 0 Å². The zero-order chi connectivity index (χ0) is 13.5. The van der Waals surface area contributed by atoms with Crippen LogP contribution in [0.15, 0.2) is 24.4 Å². The number of anilines is 1. The van der Waals surface area contributed by atoms with Crippen molar-refractivity contribution in [1.29, 1.82) is 0 Å². The Hall–Kier alpha value is -1.85. The largest absolute Gasteiger partial charge is 0.352 e. The lowest BCUT2D eigenvalue weighted by molar-refractivity contribution is 0.586. The van der Waals surface area contributed by atoms with Crippen molar-refractivity contribution in [3.63, 3.8) is 0 Å². The van der Waals surface area contributed by atoms with Crippen LogP contribution in [0.1, 0.15) is 0 Å². The summed E-state index contributed by atoms with van der Waals surface area (Å²) in [6.07, 6.45) is 1.85. The van der Waals surface area contributed by atoms with Crippen molar-refractivity contribution in [2.75, 3.05) is 31.1 Å². The molecule has 3 aromatic rings. The van der Waals surface area contributed by atoms with Crippen LogP contribution in [0.25, 0.3) is 21.8 Å². The average molecular weight is 288 g/mol. The second-order valence-electron chi connectivity index (χ2n) is 4.99. The molecule has 4 rings (SSSR count). The third-order valence-electron chi connectivity index (χ3n) is 3.75. The number of aromatic nitrogens is 3. The Morgan fingerprint density at radius 1 is 1.15 bits per heavy atom. The summed E-state index contributed by atoms with van der Waals surface area (Å²) in [5.41, 5.74) is 1.94. The molecular weight excluding hydrogens is 274 g/mol. The summed E-state index contributed by atoms with van der Waals surface area (Å²) in [6, 6.07) is 5.80. The quantitative estimate of drug-likeness (QED) is 0.720. The first-order chi connectivity index (χ1) is 9.83. The first kappa shape index (κ1) is 11.9. The van der Waals surface area contributed by atoms with Crippen molar-refractivity contribution in [3.05, 3.63) is 29.4 Å². The van der Waals surface area contributed by atoms with Gasteiger partial charge < -0.3 is 10.2 Å². The maximum Gasteiger partial charge on any atom is 0.155 e. The van der Waals surface area contributed by atoms with Gasteiger partial charge in [0.15, 0.2) is 5.82 Å². The lowest BCUT2D eigenvalue weighted by Crippen LogP contribution is -2.44. The van der Waals surface area contributed by atoms with Gasteiger partial charge in [-0.05, 0) is 18.2 Å². The molecule has 0 saturated carbocycles. The molecule has 0 amide bonds. The molecule has 0 spiro atoms. The van der Waals surface area contributed by atoms with Crippen LogP contribution in [0.4, 0.5) is 5.82 Å². The lowest BCUT2D eigenvalue weighted by atomic mass is 10.1. The minimum absolute atomic E-state index is 0.719. The summed E-state index contributed by atoms with van der Waals surface area (Å²) in [5, 5.41) is 13.5. The molecular formula is C14H14ClN5. The standard InChI is InChI=1S/C14H14ClN5/c15-9-1-2-12-10(7-9)11-8-17-19-13(11)14(18-12)20-5-3-16-4-6-20/h1-2,7-8,16H,3-6H2,(H,17,19). The zero-order valence-electron chi connectivity index (χ0n) is 10.9. The fourth-order valence-corrected chi connectivity index (χ4v) is 2.93. The molecule has 1 fully saturated rings. The number of nitrogens with one attached hydrogen (secondary N) is 2. The number of fused-ring (bicyclic) bond motifs is 3. The van der Waals surface area contributed by atoms with Gasteiger partial charge >= 0.3 is 0 Å². The maximum absolute atomic E-state index is 6.10. The van der Waals surface area contributed by atoms with Crippen molar-refractivity contribution >= 4 is 39.2 Å². The number of H-pyrrole nitrogens is 1. The molecule has 5 nitrogen and oxygen atoms in total. The van der Waals surface area contributed by atoms with Crippen molar-refractivity contribution in [3.8, 4) is 0 Å². The fraction of sp³-hybridized carbons (Fsp3) is 0.286. The molecule has 0 atom stereocenters. The summed E-state index contributed by atoms with van der Waals surface area (Å²) >= 11 is 6.10. The van der Waals surface area contributed by atoms with E-state index in [1.165, 1.54) is 0 Å². The van der Waals surface area contributed by atoms with Crippen LogP contribution >= 0.6 is 11.6 Å². The summed E-state index contributed by atoms with van der Waals surface area (Å²) in [4.78, 5) is 7.11. The molecule has 0 radical (unpaired) electrons. The molecule has 0 aliphatic carbocycles. The maximum atomic E-state index is 6.10. The van der Waals surface area contributed by atoms with Crippen LogP contribution in [0.2, 0.25) is 5.02 Å². The van der Waals surface area contributed by atoms with E-state index in [0.29, 0.717) is 0 Å². The average Bonchev–Trinajstić information content (AvgIpc) is 2.97. The number of nitrogens with zero attached hydrogens (tertiary/aromatic N) is 3. The van der Waals surface area contributed by atoms with Gasteiger partial charge in [0.1, 0.15) is 5.52 Å². The Balaban J connectivity index is 1.99. The van der Waals surface area contributed by atoms with Crippen LogP contribution < -0.4 is 10.2 Å². The SMILES string of the molecule is Clc1ccc2nc(N3CCNCC3)c3[nH]ncc3c2c1. The van der Waals surface area contributed by atoms with Gasteiger partial charge in [0.25, 0.3) is 0 Å². The Morgan fingerprint density at radius 2 is 2.00 bits per heavy atom. The number of aromatic amines is 1. The van der Waals surface area contributed by atoms with Gasteiger partial charge in [-0.15, -0.1) is 0 Å². The van der Waals surface area contributed by atoms with Gasteiger partial charge in [0.2, 0.25) is 0 Å². The first-order valence-corrected chi connectivity index (χ1v) is 7.09. The van der Waals surface area contributed by atoms with Gasteiger partial charge in [-0.25, -0.2) is 4.98 Å². The van der Waals surface area contributed by atoms with Crippen LogP contribution in [0, 0.1) is 0 Å². The highest BCUT2D eigenvalue weighted by molar-refractivity contribution is 6.31. The van der Waals surface area contributed by atoms with Crippen molar-refractivity contribution in [1.82, 2.24) is 20.5 Å². The molecule has 1 saturated heterocycles. The van der Waals surface area contributed by atoms with E-state index in [-0.39, 0.29) is 0 Å². The molecule has 0 bridgehead atoms. The summed E-state index contributed by atoms with van der Waals surface area (Å²) < 4.78 is 0. The minimum atomic E-state index is 0.719. The van der Waals surface area contributed by atoms with E-state index >= 15 is 0 Å². The predicted octanol–water partition coefficient (Wildman–Crippen LogP) is 2.17. The number of halogens is 1. The van der Waals surface area contributed by atoms with E-state index in [1.807, 2.05) is 24.4 Å². The molecule has 1 aliphatic heterocycles. The van der Waals surface area contributed by atoms with Crippen LogP contribution in [-0.2, 0) is 0 Å². The third-order valence-corrected chi connectivity index (χ3v) is 3.99. The molecule has 1 aliphatic rings. The molecule has 2 N–H and O–H groups in total. The van der Waals surface area contributed by atoms with E-state index in [0.717, 1.165) is 58.8 Å². The molecule has 20 heavy (non-hydrogen) atoms. The second-order valence-corrected chi connectivity index (χ2v) is 5.43. The summed E-state index contributed by atoms with van der Waals surface area (Å²) in [7, 11) is 0. The van der Waals surface area contributed by atoms with Gasteiger partial charge in [-0.2, -0.15) is 5.10 Å². The molecule has 6 heteroatoms. The van der Waals surface area contributed by atoms with Crippen molar-refractivity contribution in [2.45, 2.75) is 0 Å². The number of piperazine rings is 1. The van der Waals surface area contributed by atoms with E-state index < -0.39 is 0 Å². The lowest BCUT2D eigenvalue weighted by Gasteiger charge is -2.28. The highest BCUT2D eigenvalue weighted by Gasteiger charge is 2.18. The number of benzene rings is 1. The van der Waals surface area contributed by atoms with E-state index in [4.69, 9.17) is 16.6 Å². The monoisotopic (exact) mass is 287 g/mol. The number of hydrogen-bond acceptors (Lipinski definition) is 4. The Kier molecular flexibility index (Phi) is 2.75. The van der Waals surface area contributed by atoms with Gasteiger partial charge in [0.05, 0.1) is 11.7 Å². The zero-order valence-corrected chi connectivity index (χ0v) is 11.6. The van der Waals surface area contributed by atoms with Gasteiger partial charge in [-0.1, -0.05) is 11.6 Å². The Bertz CT molecular complexity index is 776. The molecule has 0 unspecified atom stereocenters. The predicted molar refractivity (Wildman–Crippen MR) is 81.5 cm³/mol. The van der Waals surface area contributed by atoms with Crippen molar-refractivity contribution < 1.29 is 0 Å². The van der Waals surface area contributed by atoms with Gasteiger partial charge in [-0.3, -0.25) is 5.10 Å². The van der Waals surface area contributed by atoms with E-state index in [1.54, 1.807) is 0 Å². The first-order valence-electron chi connectivity index (χ1n) is 6.71. The topological polar surface area (TPSA) is 56.8 Å².